The van der Waals surface area contributed by atoms with E-state index in [9.17, 15) is 0 Å². The largest absolute Gasteiger partial charge is 0.0837 e. The molecule has 0 nitrogen and oxygen atoms in total. The van der Waals surface area contributed by atoms with Crippen LogP contribution >= 0.6 is 11.6 Å². The zero-order valence-corrected chi connectivity index (χ0v) is 11.4. The first-order valence-corrected chi connectivity index (χ1v) is 5.92. The van der Waals surface area contributed by atoms with E-state index in [2.05, 4.69) is 53.7 Å². The number of benzene rings is 1. The second-order valence-corrected chi connectivity index (χ2v) is 6.00. The molecule has 0 fully saturated rings. The van der Waals surface area contributed by atoms with Crippen molar-refractivity contribution in [3.05, 3.63) is 33.8 Å². The van der Waals surface area contributed by atoms with E-state index in [-0.39, 0.29) is 5.41 Å². The SMILES string of the molecule is Cc1cc(C(C)C)c(Cl)c(C(C)(C)C)c1. The van der Waals surface area contributed by atoms with E-state index in [0.29, 0.717) is 5.92 Å². The van der Waals surface area contributed by atoms with Crippen molar-refractivity contribution in [3.8, 4) is 0 Å². The van der Waals surface area contributed by atoms with Crippen LogP contribution in [-0.4, -0.2) is 0 Å². The molecule has 0 radical (unpaired) electrons. The average Bonchev–Trinajstić information content (AvgIpc) is 2.06. The minimum atomic E-state index is 0.118. The van der Waals surface area contributed by atoms with Crippen LogP contribution in [0.3, 0.4) is 0 Å². The normalized spacial score (nSPS) is 12.3. The topological polar surface area (TPSA) is 0 Å². The molecule has 0 aromatic heterocycles. The van der Waals surface area contributed by atoms with Gasteiger partial charge in [-0.2, -0.15) is 0 Å². The predicted octanol–water partition coefficient (Wildman–Crippen LogP) is 5.07. The Kier molecular flexibility index (Phi) is 3.50. The molecule has 84 valence electrons. The fourth-order valence-electron chi connectivity index (χ4n) is 1.76. The molecule has 0 amide bonds. The zero-order valence-electron chi connectivity index (χ0n) is 10.6. The van der Waals surface area contributed by atoms with Gasteiger partial charge in [0, 0.05) is 5.02 Å². The molecule has 0 aliphatic rings. The first kappa shape index (κ1) is 12.6. The molecule has 1 rings (SSSR count). The van der Waals surface area contributed by atoms with Crippen LogP contribution < -0.4 is 0 Å². The summed E-state index contributed by atoms with van der Waals surface area (Å²) >= 11 is 6.46. The lowest BCUT2D eigenvalue weighted by atomic mass is 9.83. The number of aryl methyl sites for hydroxylation is 1. The van der Waals surface area contributed by atoms with Crippen LogP contribution in [0.1, 0.15) is 57.2 Å². The number of hydrogen-bond donors (Lipinski definition) is 0. The van der Waals surface area contributed by atoms with Gasteiger partial charge in [0.15, 0.2) is 0 Å². The summed E-state index contributed by atoms with van der Waals surface area (Å²) in [5.74, 6) is 0.485. The van der Waals surface area contributed by atoms with Gasteiger partial charge in [0.1, 0.15) is 0 Å². The van der Waals surface area contributed by atoms with E-state index in [4.69, 9.17) is 11.6 Å². The number of rotatable bonds is 1. The van der Waals surface area contributed by atoms with Crippen molar-refractivity contribution in [1.29, 1.82) is 0 Å². The molecule has 0 unspecified atom stereocenters. The van der Waals surface area contributed by atoms with Crippen LogP contribution in [0.4, 0.5) is 0 Å². The maximum absolute atomic E-state index is 6.46. The van der Waals surface area contributed by atoms with Crippen molar-refractivity contribution in [2.75, 3.05) is 0 Å². The van der Waals surface area contributed by atoms with E-state index in [1.807, 2.05) is 0 Å². The van der Waals surface area contributed by atoms with Gasteiger partial charge in [0.05, 0.1) is 0 Å². The van der Waals surface area contributed by atoms with Crippen LogP contribution in [0.5, 0.6) is 0 Å². The first-order chi connectivity index (χ1) is 6.73. The van der Waals surface area contributed by atoms with Gasteiger partial charge >= 0.3 is 0 Å². The highest BCUT2D eigenvalue weighted by atomic mass is 35.5. The van der Waals surface area contributed by atoms with Gasteiger partial charge < -0.3 is 0 Å². The summed E-state index contributed by atoms with van der Waals surface area (Å²) in [6, 6.07) is 4.40. The third-order valence-electron chi connectivity index (χ3n) is 2.68. The molecule has 1 heteroatoms. The Morgan fingerprint density at radius 3 is 2.07 bits per heavy atom. The van der Waals surface area contributed by atoms with Gasteiger partial charge in [-0.15, -0.1) is 0 Å². The number of hydrogen-bond acceptors (Lipinski definition) is 0. The van der Waals surface area contributed by atoms with E-state index < -0.39 is 0 Å². The second-order valence-electron chi connectivity index (χ2n) is 5.62. The fraction of sp³-hybridized carbons (Fsp3) is 0.571. The van der Waals surface area contributed by atoms with Crippen LogP contribution in [-0.2, 0) is 5.41 Å². The van der Waals surface area contributed by atoms with Crippen LogP contribution in [0, 0.1) is 6.92 Å². The van der Waals surface area contributed by atoms with Gasteiger partial charge in [-0.05, 0) is 29.4 Å². The van der Waals surface area contributed by atoms with E-state index in [0.717, 1.165) is 5.02 Å². The third kappa shape index (κ3) is 2.75. The van der Waals surface area contributed by atoms with Gasteiger partial charge in [-0.25, -0.2) is 0 Å². The monoisotopic (exact) mass is 224 g/mol. The highest BCUT2D eigenvalue weighted by Gasteiger charge is 2.20. The number of halogens is 1. The van der Waals surface area contributed by atoms with Gasteiger partial charge in [0.2, 0.25) is 0 Å². The molecule has 0 spiro atoms. The summed E-state index contributed by atoms with van der Waals surface area (Å²) in [5, 5.41) is 0.947. The van der Waals surface area contributed by atoms with E-state index in [1.165, 1.54) is 16.7 Å². The maximum atomic E-state index is 6.46. The summed E-state index contributed by atoms with van der Waals surface area (Å²) in [4.78, 5) is 0. The Balaban J connectivity index is 3.42. The maximum Gasteiger partial charge on any atom is 0.0478 e. The summed E-state index contributed by atoms with van der Waals surface area (Å²) in [7, 11) is 0. The summed E-state index contributed by atoms with van der Waals surface area (Å²) in [5.41, 5.74) is 3.94. The third-order valence-corrected chi connectivity index (χ3v) is 3.10. The summed E-state index contributed by atoms with van der Waals surface area (Å²) in [6.45, 7) is 13.1. The first-order valence-electron chi connectivity index (χ1n) is 5.54. The second kappa shape index (κ2) is 4.17. The van der Waals surface area contributed by atoms with Gasteiger partial charge in [-0.3, -0.25) is 0 Å². The molecule has 1 aromatic rings. The Morgan fingerprint density at radius 2 is 1.67 bits per heavy atom. The summed E-state index contributed by atoms with van der Waals surface area (Å²) in [6.07, 6.45) is 0. The highest BCUT2D eigenvalue weighted by Crippen LogP contribution is 2.35. The molecule has 0 aliphatic heterocycles. The Bertz CT molecular complexity index is 356. The molecule has 0 saturated carbocycles. The quantitative estimate of drug-likeness (QED) is 0.625. The molecule has 0 bridgehead atoms. The fourth-order valence-corrected chi connectivity index (χ4v) is 2.37. The zero-order chi connectivity index (χ0) is 11.8. The van der Waals surface area contributed by atoms with E-state index in [1.54, 1.807) is 0 Å². The van der Waals surface area contributed by atoms with Crippen LogP contribution in [0.2, 0.25) is 5.02 Å². The minimum absolute atomic E-state index is 0.118. The Hall–Kier alpha value is -0.490. The van der Waals surface area contributed by atoms with Gasteiger partial charge in [0.25, 0.3) is 0 Å². The van der Waals surface area contributed by atoms with Crippen molar-refractivity contribution in [2.45, 2.75) is 52.9 Å². The van der Waals surface area contributed by atoms with Crippen molar-refractivity contribution in [1.82, 2.24) is 0 Å². The lowest BCUT2D eigenvalue weighted by Gasteiger charge is -2.24. The van der Waals surface area contributed by atoms with Crippen molar-refractivity contribution < 1.29 is 0 Å². The van der Waals surface area contributed by atoms with Gasteiger partial charge in [-0.1, -0.05) is 63.9 Å². The van der Waals surface area contributed by atoms with Crippen LogP contribution in [0.15, 0.2) is 12.1 Å². The molecule has 15 heavy (non-hydrogen) atoms. The molecule has 1 aromatic carbocycles. The Morgan fingerprint density at radius 1 is 1.13 bits per heavy atom. The van der Waals surface area contributed by atoms with Crippen LogP contribution in [0.25, 0.3) is 0 Å². The molecular weight excluding hydrogens is 204 g/mol. The highest BCUT2D eigenvalue weighted by molar-refractivity contribution is 6.32. The lowest BCUT2D eigenvalue weighted by Crippen LogP contribution is -2.13. The molecule has 0 saturated heterocycles. The predicted molar refractivity (Wildman–Crippen MR) is 69.0 cm³/mol. The lowest BCUT2D eigenvalue weighted by molar-refractivity contribution is 0.588. The smallest absolute Gasteiger partial charge is 0.0478 e. The molecule has 0 N–H and O–H groups in total. The molecular formula is C14H21Cl. The molecule has 0 heterocycles. The summed E-state index contributed by atoms with van der Waals surface area (Å²) < 4.78 is 0. The standard InChI is InChI=1S/C14H21Cl/c1-9(2)11-7-10(3)8-12(13(11)15)14(4,5)6/h7-9H,1-6H3. The van der Waals surface area contributed by atoms with E-state index >= 15 is 0 Å². The molecule has 0 aliphatic carbocycles. The van der Waals surface area contributed by atoms with Crippen molar-refractivity contribution >= 4 is 11.6 Å². The average molecular weight is 225 g/mol. The Labute approximate surface area is 98.7 Å². The molecule has 0 atom stereocenters. The van der Waals surface area contributed by atoms with Crippen molar-refractivity contribution in [2.24, 2.45) is 0 Å². The minimum Gasteiger partial charge on any atom is -0.0837 e. The van der Waals surface area contributed by atoms with Crippen molar-refractivity contribution in [3.63, 3.8) is 0 Å².